The molecule has 1 saturated carbocycles. The van der Waals surface area contributed by atoms with Gasteiger partial charge in [-0.05, 0) is 30.9 Å². The third kappa shape index (κ3) is 2.25. The number of thiol groups is 1. The Bertz CT molecular complexity index is 186. The van der Waals surface area contributed by atoms with Gasteiger partial charge in [-0.25, -0.2) is 0 Å². The fourth-order valence-electron chi connectivity index (χ4n) is 2.47. The van der Waals surface area contributed by atoms with Gasteiger partial charge >= 0.3 is 0 Å². The molecule has 1 unspecified atom stereocenters. The molecule has 0 aromatic carbocycles. The van der Waals surface area contributed by atoms with E-state index in [4.69, 9.17) is 0 Å². The largest absolute Gasteiger partial charge is 0.298 e. The summed E-state index contributed by atoms with van der Waals surface area (Å²) in [6.07, 6.45) is 4.25. The molecule has 2 aliphatic rings. The van der Waals surface area contributed by atoms with Gasteiger partial charge < -0.3 is 0 Å². The van der Waals surface area contributed by atoms with Crippen molar-refractivity contribution in [1.29, 1.82) is 0 Å². The molecule has 1 aliphatic carbocycles. The van der Waals surface area contributed by atoms with Gasteiger partial charge in [0.2, 0.25) is 0 Å². The molecule has 2 rings (SSSR count). The Balaban J connectivity index is 1.88. The summed E-state index contributed by atoms with van der Waals surface area (Å²) >= 11 is 6.64. The second-order valence-corrected chi connectivity index (χ2v) is 6.37. The second-order valence-electron chi connectivity index (χ2n) is 4.91. The highest BCUT2D eigenvalue weighted by Crippen LogP contribution is 2.43. The molecule has 0 radical (unpaired) electrons. The number of rotatable bonds is 3. The summed E-state index contributed by atoms with van der Waals surface area (Å²) in [7, 11) is 0. The third-order valence-corrected chi connectivity index (χ3v) is 5.65. The van der Waals surface area contributed by atoms with E-state index in [0.29, 0.717) is 5.41 Å². The quantitative estimate of drug-likeness (QED) is 0.744. The summed E-state index contributed by atoms with van der Waals surface area (Å²) < 4.78 is 0. The fourth-order valence-corrected chi connectivity index (χ4v) is 3.97. The Labute approximate surface area is 97.4 Å². The van der Waals surface area contributed by atoms with Gasteiger partial charge in [0, 0.05) is 30.6 Å². The van der Waals surface area contributed by atoms with Gasteiger partial charge in [0.25, 0.3) is 0 Å². The second kappa shape index (κ2) is 4.67. The van der Waals surface area contributed by atoms with Gasteiger partial charge in [0.05, 0.1) is 0 Å². The van der Waals surface area contributed by atoms with Crippen LogP contribution in [0.2, 0.25) is 0 Å². The van der Waals surface area contributed by atoms with Gasteiger partial charge in [-0.3, -0.25) is 4.90 Å². The standard InChI is InChI=1S/C11H21NS2/c1-10-7-14-6-5-12(10)8-11(9-13)3-2-4-11/h10,13H,2-9H2,1H3. The van der Waals surface area contributed by atoms with Crippen LogP contribution in [0.1, 0.15) is 26.2 Å². The van der Waals surface area contributed by atoms with Gasteiger partial charge in [-0.1, -0.05) is 6.42 Å². The van der Waals surface area contributed by atoms with Crippen molar-refractivity contribution in [2.75, 3.05) is 30.3 Å². The third-order valence-electron chi connectivity index (χ3n) is 3.79. The lowest BCUT2D eigenvalue weighted by Gasteiger charge is -2.47. The predicted octanol–water partition coefficient (Wildman–Crippen LogP) is 2.52. The minimum absolute atomic E-state index is 0.583. The lowest BCUT2D eigenvalue weighted by atomic mass is 9.70. The van der Waals surface area contributed by atoms with Crippen LogP contribution in [-0.4, -0.2) is 41.3 Å². The van der Waals surface area contributed by atoms with Crippen LogP contribution >= 0.6 is 24.4 Å². The molecule has 1 atom stereocenters. The number of nitrogens with zero attached hydrogens (tertiary/aromatic N) is 1. The van der Waals surface area contributed by atoms with E-state index in [9.17, 15) is 0 Å². The van der Waals surface area contributed by atoms with E-state index < -0.39 is 0 Å². The van der Waals surface area contributed by atoms with E-state index in [2.05, 4.69) is 36.2 Å². The molecule has 0 amide bonds. The van der Waals surface area contributed by atoms with Crippen LogP contribution in [0.25, 0.3) is 0 Å². The molecule has 1 nitrogen and oxygen atoms in total. The van der Waals surface area contributed by atoms with Crippen LogP contribution in [0.3, 0.4) is 0 Å². The molecule has 0 N–H and O–H groups in total. The first kappa shape index (κ1) is 11.2. The average Bonchev–Trinajstić information content (AvgIpc) is 2.14. The van der Waals surface area contributed by atoms with E-state index in [1.54, 1.807) is 0 Å². The molecular formula is C11H21NS2. The molecule has 1 saturated heterocycles. The SMILES string of the molecule is CC1CSCCN1CC1(CS)CCC1. The maximum absolute atomic E-state index is 4.53. The van der Waals surface area contributed by atoms with Crippen LogP contribution in [0, 0.1) is 5.41 Å². The highest BCUT2D eigenvalue weighted by atomic mass is 32.2. The van der Waals surface area contributed by atoms with Crippen molar-refractivity contribution >= 4 is 24.4 Å². The summed E-state index contributed by atoms with van der Waals surface area (Å²) in [5.74, 6) is 3.74. The highest BCUT2D eigenvalue weighted by molar-refractivity contribution is 7.99. The van der Waals surface area contributed by atoms with Crippen molar-refractivity contribution in [3.63, 3.8) is 0 Å². The summed E-state index contributed by atoms with van der Waals surface area (Å²) in [5.41, 5.74) is 0.583. The molecule has 82 valence electrons. The number of thioether (sulfide) groups is 1. The summed E-state index contributed by atoms with van der Waals surface area (Å²) in [6.45, 7) is 4.97. The Kier molecular flexibility index (Phi) is 3.72. The zero-order valence-corrected chi connectivity index (χ0v) is 10.7. The minimum atomic E-state index is 0.583. The predicted molar refractivity (Wildman–Crippen MR) is 68.5 cm³/mol. The van der Waals surface area contributed by atoms with Crippen LogP contribution in [0.15, 0.2) is 0 Å². The van der Waals surface area contributed by atoms with Crippen molar-refractivity contribution < 1.29 is 0 Å². The molecule has 0 bridgehead atoms. The topological polar surface area (TPSA) is 3.24 Å². The first-order chi connectivity index (χ1) is 6.76. The van der Waals surface area contributed by atoms with E-state index >= 15 is 0 Å². The van der Waals surface area contributed by atoms with Crippen molar-refractivity contribution in [1.82, 2.24) is 4.90 Å². The average molecular weight is 231 g/mol. The molecule has 0 spiro atoms. The molecule has 1 heterocycles. The first-order valence-corrected chi connectivity index (χ1v) is 7.47. The van der Waals surface area contributed by atoms with E-state index in [-0.39, 0.29) is 0 Å². The van der Waals surface area contributed by atoms with Crippen molar-refractivity contribution in [3.05, 3.63) is 0 Å². The van der Waals surface area contributed by atoms with E-state index in [1.807, 2.05) is 0 Å². The molecule has 2 fully saturated rings. The van der Waals surface area contributed by atoms with E-state index in [1.165, 1.54) is 43.9 Å². The van der Waals surface area contributed by atoms with Crippen molar-refractivity contribution in [2.45, 2.75) is 32.2 Å². The van der Waals surface area contributed by atoms with Crippen molar-refractivity contribution in [2.24, 2.45) is 5.41 Å². The Morgan fingerprint density at radius 3 is 2.79 bits per heavy atom. The Morgan fingerprint density at radius 2 is 2.29 bits per heavy atom. The maximum atomic E-state index is 4.53. The zero-order chi connectivity index (χ0) is 10.0. The zero-order valence-electron chi connectivity index (χ0n) is 9.04. The molecular weight excluding hydrogens is 210 g/mol. The van der Waals surface area contributed by atoms with Crippen LogP contribution in [0.4, 0.5) is 0 Å². The maximum Gasteiger partial charge on any atom is 0.0158 e. The molecule has 0 aromatic heterocycles. The first-order valence-electron chi connectivity index (χ1n) is 5.68. The highest BCUT2D eigenvalue weighted by Gasteiger charge is 2.38. The molecule has 1 aliphatic heterocycles. The van der Waals surface area contributed by atoms with Gasteiger partial charge in [0.1, 0.15) is 0 Å². The lowest BCUT2D eigenvalue weighted by Crippen LogP contribution is -2.49. The summed E-state index contributed by atoms with van der Waals surface area (Å²) in [4.78, 5) is 2.69. The molecule has 14 heavy (non-hydrogen) atoms. The Hall–Kier alpha value is 0.660. The summed E-state index contributed by atoms with van der Waals surface area (Å²) in [6, 6.07) is 0.783. The number of hydrogen-bond acceptors (Lipinski definition) is 3. The van der Waals surface area contributed by atoms with Crippen LogP contribution in [0.5, 0.6) is 0 Å². The van der Waals surface area contributed by atoms with Crippen molar-refractivity contribution in [3.8, 4) is 0 Å². The van der Waals surface area contributed by atoms with Crippen LogP contribution < -0.4 is 0 Å². The minimum Gasteiger partial charge on any atom is -0.298 e. The normalized spacial score (nSPS) is 32.6. The van der Waals surface area contributed by atoms with Gasteiger partial charge in [-0.15, -0.1) is 0 Å². The smallest absolute Gasteiger partial charge is 0.0158 e. The number of hydrogen-bond donors (Lipinski definition) is 1. The Morgan fingerprint density at radius 1 is 1.50 bits per heavy atom. The van der Waals surface area contributed by atoms with Gasteiger partial charge in [-0.2, -0.15) is 24.4 Å². The van der Waals surface area contributed by atoms with Crippen LogP contribution in [-0.2, 0) is 0 Å². The molecule has 0 aromatic rings. The van der Waals surface area contributed by atoms with E-state index in [0.717, 1.165) is 11.8 Å². The monoisotopic (exact) mass is 231 g/mol. The van der Waals surface area contributed by atoms with Gasteiger partial charge in [0.15, 0.2) is 0 Å². The molecule has 3 heteroatoms. The summed E-state index contributed by atoms with van der Waals surface area (Å²) in [5, 5.41) is 0. The lowest BCUT2D eigenvalue weighted by molar-refractivity contribution is 0.0760. The fraction of sp³-hybridized carbons (Fsp3) is 1.00.